The average molecular weight is 297 g/mol. The minimum absolute atomic E-state index is 0.0271. The lowest BCUT2D eigenvalue weighted by atomic mass is 10.1. The van der Waals surface area contributed by atoms with E-state index in [1.165, 1.54) is 6.07 Å². The molecule has 13 heavy (non-hydrogen) atoms. The smallest absolute Gasteiger partial charge is 0.192 e. The van der Waals surface area contributed by atoms with Crippen LogP contribution in [0.25, 0.3) is 0 Å². The summed E-state index contributed by atoms with van der Waals surface area (Å²) in [6.07, 6.45) is -4.38. The minimum atomic E-state index is -4.38. The monoisotopic (exact) mass is 297 g/mol. The Bertz CT molecular complexity index is 365. The third kappa shape index (κ3) is 2.59. The van der Waals surface area contributed by atoms with Crippen molar-refractivity contribution in [3.8, 4) is 6.07 Å². The molecule has 0 unspecified atom stereocenters. The van der Waals surface area contributed by atoms with Gasteiger partial charge in [-0.15, -0.1) is 0 Å². The van der Waals surface area contributed by atoms with E-state index in [0.717, 1.165) is 12.1 Å². The number of nitrogens with zero attached hydrogens (tertiary/aromatic N) is 1. The first-order chi connectivity index (χ1) is 5.93. The molecule has 0 amide bonds. The minimum Gasteiger partial charge on any atom is -0.192 e. The van der Waals surface area contributed by atoms with Gasteiger partial charge in [-0.05, 0) is 40.8 Å². The summed E-state index contributed by atoms with van der Waals surface area (Å²) in [4.78, 5) is 0. The normalized spacial score (nSPS) is 11.0. The number of hydrogen-bond donors (Lipinski definition) is 0. The van der Waals surface area contributed by atoms with Gasteiger partial charge in [0.1, 0.15) is 0 Å². The summed E-state index contributed by atoms with van der Waals surface area (Å²) in [5.41, 5.74) is -0.754. The van der Waals surface area contributed by atoms with Gasteiger partial charge in [-0.3, -0.25) is 0 Å². The molecule has 0 heterocycles. The van der Waals surface area contributed by atoms with Crippen LogP contribution in [0.1, 0.15) is 11.1 Å². The van der Waals surface area contributed by atoms with Crippen molar-refractivity contribution in [1.82, 2.24) is 0 Å². The molecule has 0 aliphatic rings. The van der Waals surface area contributed by atoms with E-state index in [1.54, 1.807) is 28.7 Å². The number of halogens is 4. The molecule has 0 bridgehead atoms. The zero-order valence-electron chi connectivity index (χ0n) is 6.19. The molecule has 1 nitrogen and oxygen atoms in total. The molecule has 1 rings (SSSR count). The van der Waals surface area contributed by atoms with E-state index >= 15 is 0 Å². The standard InChI is InChI=1S/C8H3F3IN/c9-8(10,11)6-1-5(4-13)2-7(12)3-6/h1-3H. The van der Waals surface area contributed by atoms with Crippen LogP contribution in [-0.4, -0.2) is 0 Å². The quantitative estimate of drug-likeness (QED) is 0.675. The van der Waals surface area contributed by atoms with Crippen LogP contribution < -0.4 is 0 Å². The zero-order chi connectivity index (χ0) is 10.1. The summed E-state index contributed by atoms with van der Waals surface area (Å²) in [6, 6.07) is 4.91. The summed E-state index contributed by atoms with van der Waals surface area (Å²) in [5.74, 6) is 0. The van der Waals surface area contributed by atoms with E-state index < -0.39 is 11.7 Å². The van der Waals surface area contributed by atoms with Crippen LogP contribution in [0, 0.1) is 14.9 Å². The highest BCUT2D eigenvalue weighted by Crippen LogP contribution is 2.30. The molecule has 1 aromatic carbocycles. The van der Waals surface area contributed by atoms with Gasteiger partial charge in [0.05, 0.1) is 17.2 Å². The van der Waals surface area contributed by atoms with Gasteiger partial charge in [0.25, 0.3) is 0 Å². The highest BCUT2D eigenvalue weighted by Gasteiger charge is 2.30. The summed E-state index contributed by atoms with van der Waals surface area (Å²) in [7, 11) is 0. The lowest BCUT2D eigenvalue weighted by Gasteiger charge is -2.06. The molecular formula is C8H3F3IN. The van der Waals surface area contributed by atoms with Crippen molar-refractivity contribution in [2.24, 2.45) is 0 Å². The van der Waals surface area contributed by atoms with Crippen LogP contribution in [0.4, 0.5) is 13.2 Å². The van der Waals surface area contributed by atoms with Gasteiger partial charge >= 0.3 is 6.18 Å². The van der Waals surface area contributed by atoms with Gasteiger partial charge in [0.2, 0.25) is 0 Å². The molecule has 0 spiro atoms. The van der Waals surface area contributed by atoms with E-state index in [2.05, 4.69) is 0 Å². The third-order valence-corrected chi connectivity index (χ3v) is 1.98. The number of hydrogen-bond acceptors (Lipinski definition) is 1. The Hall–Kier alpha value is -0.770. The molecular weight excluding hydrogens is 294 g/mol. The van der Waals surface area contributed by atoms with E-state index in [4.69, 9.17) is 5.26 Å². The molecule has 5 heteroatoms. The molecule has 0 fully saturated rings. The van der Waals surface area contributed by atoms with Crippen molar-refractivity contribution in [3.63, 3.8) is 0 Å². The number of alkyl halides is 3. The van der Waals surface area contributed by atoms with E-state index in [1.807, 2.05) is 0 Å². The summed E-state index contributed by atoms with van der Waals surface area (Å²) in [6.45, 7) is 0. The second-order valence-electron chi connectivity index (χ2n) is 2.34. The molecule has 0 aliphatic heterocycles. The second kappa shape index (κ2) is 3.54. The SMILES string of the molecule is N#Cc1cc(I)cc(C(F)(F)F)c1. The van der Waals surface area contributed by atoms with Crippen molar-refractivity contribution in [2.45, 2.75) is 6.18 Å². The van der Waals surface area contributed by atoms with E-state index in [9.17, 15) is 13.2 Å². The van der Waals surface area contributed by atoms with Crippen molar-refractivity contribution < 1.29 is 13.2 Å². The maximum atomic E-state index is 12.2. The Morgan fingerprint density at radius 2 is 1.85 bits per heavy atom. The molecule has 0 radical (unpaired) electrons. The molecule has 0 saturated heterocycles. The van der Waals surface area contributed by atoms with Gasteiger partial charge in [0.15, 0.2) is 0 Å². The molecule has 0 N–H and O–H groups in total. The Labute approximate surface area is 86.3 Å². The van der Waals surface area contributed by atoms with Crippen LogP contribution in [-0.2, 0) is 6.18 Å². The summed E-state index contributed by atoms with van der Waals surface area (Å²) in [5, 5.41) is 8.43. The molecule has 0 aromatic heterocycles. The van der Waals surface area contributed by atoms with Crippen LogP contribution in [0.2, 0.25) is 0 Å². The van der Waals surface area contributed by atoms with Crippen LogP contribution in [0.15, 0.2) is 18.2 Å². The molecule has 68 valence electrons. The molecule has 0 aliphatic carbocycles. The van der Waals surface area contributed by atoms with Crippen molar-refractivity contribution in [2.75, 3.05) is 0 Å². The van der Waals surface area contributed by atoms with Crippen LogP contribution in [0.3, 0.4) is 0 Å². The summed E-state index contributed by atoms with van der Waals surface area (Å²) >= 11 is 1.74. The Morgan fingerprint density at radius 1 is 1.23 bits per heavy atom. The molecule has 0 atom stereocenters. The van der Waals surface area contributed by atoms with E-state index in [-0.39, 0.29) is 5.56 Å². The van der Waals surface area contributed by atoms with Gasteiger partial charge in [-0.2, -0.15) is 18.4 Å². The van der Waals surface area contributed by atoms with Gasteiger partial charge in [-0.25, -0.2) is 0 Å². The fourth-order valence-electron chi connectivity index (χ4n) is 0.818. The van der Waals surface area contributed by atoms with Gasteiger partial charge in [-0.1, -0.05) is 0 Å². The lowest BCUT2D eigenvalue weighted by molar-refractivity contribution is -0.137. The number of nitriles is 1. The second-order valence-corrected chi connectivity index (χ2v) is 3.58. The fraction of sp³-hybridized carbons (Fsp3) is 0.125. The Balaban J connectivity index is 3.26. The number of benzene rings is 1. The first kappa shape index (κ1) is 10.3. The lowest BCUT2D eigenvalue weighted by Crippen LogP contribution is -2.05. The van der Waals surface area contributed by atoms with Crippen molar-refractivity contribution in [1.29, 1.82) is 5.26 Å². The topological polar surface area (TPSA) is 23.8 Å². The predicted octanol–water partition coefficient (Wildman–Crippen LogP) is 3.18. The maximum Gasteiger partial charge on any atom is 0.416 e. The first-order valence-electron chi connectivity index (χ1n) is 3.21. The van der Waals surface area contributed by atoms with Gasteiger partial charge < -0.3 is 0 Å². The van der Waals surface area contributed by atoms with Gasteiger partial charge in [0, 0.05) is 3.57 Å². The predicted molar refractivity (Wildman–Crippen MR) is 48.9 cm³/mol. The van der Waals surface area contributed by atoms with E-state index in [0.29, 0.717) is 3.57 Å². The van der Waals surface area contributed by atoms with Crippen LogP contribution in [0.5, 0.6) is 0 Å². The highest BCUT2D eigenvalue weighted by molar-refractivity contribution is 14.1. The Morgan fingerprint density at radius 3 is 2.31 bits per heavy atom. The fourth-order valence-corrected chi connectivity index (χ4v) is 1.49. The average Bonchev–Trinajstić information content (AvgIpc) is 2.01. The summed E-state index contributed by atoms with van der Waals surface area (Å²) < 4.78 is 36.9. The number of rotatable bonds is 0. The highest BCUT2D eigenvalue weighted by atomic mass is 127. The van der Waals surface area contributed by atoms with Crippen molar-refractivity contribution in [3.05, 3.63) is 32.9 Å². The largest absolute Gasteiger partial charge is 0.416 e. The molecule has 1 aromatic rings. The molecule has 0 saturated carbocycles. The van der Waals surface area contributed by atoms with Crippen molar-refractivity contribution >= 4 is 22.6 Å². The maximum absolute atomic E-state index is 12.2. The Kier molecular flexibility index (Phi) is 2.81. The first-order valence-corrected chi connectivity index (χ1v) is 4.29. The van der Waals surface area contributed by atoms with Crippen LogP contribution >= 0.6 is 22.6 Å². The third-order valence-electron chi connectivity index (χ3n) is 1.35. The zero-order valence-corrected chi connectivity index (χ0v) is 8.35.